The topological polar surface area (TPSA) is 46.9 Å². The predicted octanol–water partition coefficient (Wildman–Crippen LogP) is 2.71. The molecule has 0 spiro atoms. The molecule has 2 rings (SSSR count). The average Bonchev–Trinajstić information content (AvgIpc) is 2.70. The first kappa shape index (κ1) is 13.3. The largest absolute Gasteiger partial charge is 0.347 e. The lowest BCUT2D eigenvalue weighted by Crippen LogP contribution is -2.40. The van der Waals surface area contributed by atoms with Crippen LogP contribution in [0.3, 0.4) is 0 Å². The molecule has 0 aliphatic carbocycles. The van der Waals surface area contributed by atoms with Crippen molar-refractivity contribution in [2.45, 2.75) is 33.2 Å². The van der Waals surface area contributed by atoms with Gasteiger partial charge in [0.15, 0.2) is 0 Å². The first-order valence-corrected chi connectivity index (χ1v) is 6.31. The summed E-state index contributed by atoms with van der Waals surface area (Å²) in [6.45, 7) is 7.78. The number of rotatable bonds is 2. The zero-order valence-corrected chi connectivity index (χ0v) is 11.8. The molecule has 0 unspecified atom stereocenters. The minimum Gasteiger partial charge on any atom is -0.347 e. The molecule has 1 amide bonds. The molecule has 0 radical (unpaired) electrons. The lowest BCUT2D eigenvalue weighted by molar-refractivity contribution is 0.0919. The first-order valence-electron chi connectivity index (χ1n) is 6.31. The standard InChI is InChI=1S/C15H19N3O/c1-11-13(14(19)17-15(2,3)4)10-16-18(11)12-8-6-5-7-9-12/h5-10H,1-4H3,(H,17,19). The van der Waals surface area contributed by atoms with E-state index in [4.69, 9.17) is 0 Å². The fourth-order valence-corrected chi connectivity index (χ4v) is 1.87. The van der Waals surface area contributed by atoms with E-state index in [0.29, 0.717) is 5.56 Å². The van der Waals surface area contributed by atoms with Gasteiger partial charge in [-0.25, -0.2) is 4.68 Å². The summed E-state index contributed by atoms with van der Waals surface area (Å²) in [5.41, 5.74) is 2.15. The van der Waals surface area contributed by atoms with Crippen molar-refractivity contribution >= 4 is 5.91 Å². The van der Waals surface area contributed by atoms with Gasteiger partial charge < -0.3 is 5.32 Å². The van der Waals surface area contributed by atoms with Crippen LogP contribution < -0.4 is 5.32 Å². The van der Waals surface area contributed by atoms with Crippen LogP contribution in [0.4, 0.5) is 0 Å². The Balaban J connectivity index is 2.31. The second kappa shape index (κ2) is 4.88. The van der Waals surface area contributed by atoms with Gasteiger partial charge in [0.2, 0.25) is 0 Å². The Labute approximate surface area is 113 Å². The zero-order chi connectivity index (χ0) is 14.0. The summed E-state index contributed by atoms with van der Waals surface area (Å²) < 4.78 is 1.78. The summed E-state index contributed by atoms with van der Waals surface area (Å²) in [7, 11) is 0. The second-order valence-electron chi connectivity index (χ2n) is 5.60. The van der Waals surface area contributed by atoms with Crippen LogP contribution in [-0.4, -0.2) is 21.2 Å². The van der Waals surface area contributed by atoms with E-state index < -0.39 is 0 Å². The number of nitrogens with one attached hydrogen (secondary N) is 1. The Morgan fingerprint density at radius 1 is 1.21 bits per heavy atom. The smallest absolute Gasteiger partial charge is 0.255 e. The molecule has 0 fully saturated rings. The van der Waals surface area contributed by atoms with Crippen LogP contribution >= 0.6 is 0 Å². The summed E-state index contributed by atoms with van der Waals surface area (Å²) in [5, 5.41) is 7.24. The van der Waals surface area contributed by atoms with E-state index >= 15 is 0 Å². The molecule has 100 valence electrons. The van der Waals surface area contributed by atoms with Gasteiger partial charge in [-0.3, -0.25) is 4.79 Å². The van der Waals surface area contributed by atoms with Crippen molar-refractivity contribution in [3.05, 3.63) is 47.8 Å². The Kier molecular flexibility index (Phi) is 3.42. The number of aromatic nitrogens is 2. The van der Waals surface area contributed by atoms with E-state index in [-0.39, 0.29) is 11.4 Å². The number of hydrogen-bond acceptors (Lipinski definition) is 2. The van der Waals surface area contributed by atoms with Gasteiger partial charge in [0, 0.05) is 5.54 Å². The van der Waals surface area contributed by atoms with Crippen molar-refractivity contribution in [2.24, 2.45) is 0 Å². The van der Waals surface area contributed by atoms with Gasteiger partial charge >= 0.3 is 0 Å². The number of hydrogen-bond donors (Lipinski definition) is 1. The summed E-state index contributed by atoms with van der Waals surface area (Å²) >= 11 is 0. The second-order valence-corrected chi connectivity index (χ2v) is 5.60. The van der Waals surface area contributed by atoms with Crippen molar-refractivity contribution in [1.82, 2.24) is 15.1 Å². The van der Waals surface area contributed by atoms with E-state index in [9.17, 15) is 4.79 Å². The van der Waals surface area contributed by atoms with Crippen LogP contribution in [0.25, 0.3) is 5.69 Å². The quantitative estimate of drug-likeness (QED) is 0.899. The highest BCUT2D eigenvalue weighted by Gasteiger charge is 2.19. The molecule has 0 bridgehead atoms. The lowest BCUT2D eigenvalue weighted by Gasteiger charge is -2.20. The molecular formula is C15H19N3O. The summed E-state index contributed by atoms with van der Waals surface area (Å²) in [6.07, 6.45) is 1.61. The molecule has 1 N–H and O–H groups in total. The van der Waals surface area contributed by atoms with Gasteiger partial charge in [-0.2, -0.15) is 5.10 Å². The highest BCUT2D eigenvalue weighted by molar-refractivity contribution is 5.95. The van der Waals surface area contributed by atoms with Crippen molar-refractivity contribution < 1.29 is 4.79 Å². The average molecular weight is 257 g/mol. The Bertz CT molecular complexity index is 579. The number of carbonyl (C=O) groups excluding carboxylic acids is 1. The van der Waals surface area contributed by atoms with E-state index in [1.807, 2.05) is 58.0 Å². The van der Waals surface area contributed by atoms with E-state index in [0.717, 1.165) is 11.4 Å². The van der Waals surface area contributed by atoms with Crippen LogP contribution in [0.1, 0.15) is 36.8 Å². The summed E-state index contributed by atoms with van der Waals surface area (Å²) in [6, 6.07) is 9.78. The third kappa shape index (κ3) is 3.02. The molecule has 0 aliphatic heterocycles. The molecule has 4 heteroatoms. The number of benzene rings is 1. The minimum absolute atomic E-state index is 0.0906. The fraction of sp³-hybridized carbons (Fsp3) is 0.333. The molecule has 0 saturated carbocycles. The first-order chi connectivity index (χ1) is 8.88. The number of carbonyl (C=O) groups is 1. The normalized spacial score (nSPS) is 11.4. The van der Waals surface area contributed by atoms with Crippen LogP contribution in [-0.2, 0) is 0 Å². The number of para-hydroxylation sites is 1. The molecule has 1 aromatic heterocycles. The number of amides is 1. The van der Waals surface area contributed by atoms with Gasteiger partial charge in [-0.1, -0.05) is 18.2 Å². The Morgan fingerprint density at radius 3 is 2.42 bits per heavy atom. The Hall–Kier alpha value is -2.10. The van der Waals surface area contributed by atoms with Gasteiger partial charge in [-0.15, -0.1) is 0 Å². The molecule has 19 heavy (non-hydrogen) atoms. The molecule has 0 aliphatic rings. The van der Waals surface area contributed by atoms with Crippen LogP contribution in [0, 0.1) is 6.92 Å². The summed E-state index contributed by atoms with van der Waals surface area (Å²) in [4.78, 5) is 12.2. The molecule has 1 aromatic carbocycles. The van der Waals surface area contributed by atoms with Crippen LogP contribution in [0.5, 0.6) is 0 Å². The maximum absolute atomic E-state index is 12.2. The van der Waals surface area contributed by atoms with E-state index in [1.165, 1.54) is 0 Å². The lowest BCUT2D eigenvalue weighted by atomic mass is 10.1. The predicted molar refractivity (Wildman–Crippen MR) is 75.5 cm³/mol. The van der Waals surface area contributed by atoms with Gasteiger partial charge in [0.05, 0.1) is 23.1 Å². The van der Waals surface area contributed by atoms with E-state index in [1.54, 1.807) is 10.9 Å². The monoisotopic (exact) mass is 257 g/mol. The molecule has 4 nitrogen and oxygen atoms in total. The molecule has 0 atom stereocenters. The van der Waals surface area contributed by atoms with Crippen molar-refractivity contribution in [3.8, 4) is 5.69 Å². The van der Waals surface area contributed by atoms with Gasteiger partial charge in [0.1, 0.15) is 0 Å². The molecule has 1 heterocycles. The zero-order valence-electron chi connectivity index (χ0n) is 11.8. The maximum Gasteiger partial charge on any atom is 0.255 e. The number of nitrogens with zero attached hydrogens (tertiary/aromatic N) is 2. The van der Waals surface area contributed by atoms with E-state index in [2.05, 4.69) is 10.4 Å². The molecule has 0 saturated heterocycles. The maximum atomic E-state index is 12.2. The van der Waals surface area contributed by atoms with Crippen molar-refractivity contribution in [2.75, 3.05) is 0 Å². The van der Waals surface area contributed by atoms with Crippen molar-refractivity contribution in [3.63, 3.8) is 0 Å². The minimum atomic E-state index is -0.252. The highest BCUT2D eigenvalue weighted by Crippen LogP contribution is 2.14. The third-order valence-electron chi connectivity index (χ3n) is 2.74. The van der Waals surface area contributed by atoms with Gasteiger partial charge in [-0.05, 0) is 39.8 Å². The molecule has 2 aromatic rings. The third-order valence-corrected chi connectivity index (χ3v) is 2.74. The fourth-order valence-electron chi connectivity index (χ4n) is 1.87. The summed E-state index contributed by atoms with van der Waals surface area (Å²) in [5.74, 6) is -0.0906. The van der Waals surface area contributed by atoms with Crippen molar-refractivity contribution in [1.29, 1.82) is 0 Å². The Morgan fingerprint density at radius 2 is 1.84 bits per heavy atom. The van der Waals surface area contributed by atoms with Gasteiger partial charge in [0.25, 0.3) is 5.91 Å². The SMILES string of the molecule is Cc1c(C(=O)NC(C)(C)C)cnn1-c1ccccc1. The van der Waals surface area contributed by atoms with Crippen LogP contribution in [0.2, 0.25) is 0 Å². The molecular weight excluding hydrogens is 238 g/mol. The van der Waals surface area contributed by atoms with Crippen LogP contribution in [0.15, 0.2) is 36.5 Å². The highest BCUT2D eigenvalue weighted by atomic mass is 16.1.